The Morgan fingerprint density at radius 3 is 0.458 bits per heavy atom. The van der Waals surface area contributed by atoms with Crippen LogP contribution in [0, 0.1) is 32.5 Å². The summed E-state index contributed by atoms with van der Waals surface area (Å²) in [6.07, 6.45) is 0. The smallest absolute Gasteiger partial charge is 0.124 e. The number of rotatable bonds is 6. The Hall–Kier alpha value is -3.96. The highest BCUT2D eigenvalue weighted by Crippen LogP contribution is 2.28. The van der Waals surface area contributed by atoms with Gasteiger partial charge in [-0.3, -0.25) is 32.5 Å². The molecule has 0 aliphatic rings. The molecule has 24 heavy (non-hydrogen) atoms. The van der Waals surface area contributed by atoms with Crippen LogP contribution in [0.25, 0.3) is 0 Å². The first kappa shape index (κ1) is 18.1. The first-order valence-electron chi connectivity index (χ1n) is 6.23. The minimum atomic E-state index is -0.634. The maximum Gasteiger partial charge on any atom is 0.124 e. The molecule has 1 aromatic carbocycles. The summed E-state index contributed by atoms with van der Waals surface area (Å²) >= 11 is 0. The van der Waals surface area contributed by atoms with E-state index in [0.29, 0.717) is 0 Å². The average Bonchev–Trinajstić information content (AvgIpc) is 2.42. The summed E-state index contributed by atoms with van der Waals surface area (Å²) in [5, 5.41) is 46.3. The van der Waals surface area contributed by atoms with Gasteiger partial charge in [-0.05, 0) is 0 Å². The lowest BCUT2D eigenvalue weighted by atomic mass is 9.83. The molecule has 0 radical (unpaired) electrons. The summed E-state index contributed by atoms with van der Waals surface area (Å²) in [6.45, 7) is 0. The molecule has 0 bridgehead atoms. The molecule has 126 valence electrons. The maximum absolute atomic E-state index is 7.72. The third-order valence-corrected chi connectivity index (χ3v) is 3.12. The first-order valence-corrected chi connectivity index (χ1v) is 6.23. The van der Waals surface area contributed by atoms with E-state index in [9.17, 15) is 0 Å². The van der Waals surface area contributed by atoms with Crippen molar-refractivity contribution < 1.29 is 0 Å². The van der Waals surface area contributed by atoms with Crippen molar-refractivity contribution >= 4 is 35.0 Å². The van der Waals surface area contributed by atoms with Crippen LogP contribution in [-0.2, 0) is 0 Å². The number of benzene rings is 1. The standard InChI is InChI=1S/C12H18N12/c13-7(14)1-2(8(15)16)4(10(19)20)6(12(23)24)5(11(21)22)3(1)9(17)18/h(H3,13,14)(H3,15,16)(H3,17,18)(H3,19,20)(H3,21,22)(H3,23,24). The molecule has 0 atom stereocenters. The van der Waals surface area contributed by atoms with Gasteiger partial charge in [-0.2, -0.15) is 0 Å². The predicted molar refractivity (Wildman–Crippen MR) is 92.5 cm³/mol. The van der Waals surface area contributed by atoms with Gasteiger partial charge in [0.1, 0.15) is 35.0 Å². The third-order valence-electron chi connectivity index (χ3n) is 3.12. The van der Waals surface area contributed by atoms with Gasteiger partial charge in [-0.25, -0.2) is 0 Å². The van der Waals surface area contributed by atoms with E-state index in [0.717, 1.165) is 0 Å². The van der Waals surface area contributed by atoms with Crippen molar-refractivity contribution in [2.45, 2.75) is 0 Å². The maximum atomic E-state index is 7.72. The summed E-state index contributed by atoms with van der Waals surface area (Å²) in [4.78, 5) is 0. The lowest BCUT2D eigenvalue weighted by Gasteiger charge is -2.23. The Labute approximate surface area is 136 Å². The largest absolute Gasteiger partial charge is 0.384 e. The molecule has 18 N–H and O–H groups in total. The Balaban J connectivity index is 4.50. The van der Waals surface area contributed by atoms with E-state index in [1.807, 2.05) is 0 Å². The van der Waals surface area contributed by atoms with E-state index in [2.05, 4.69) is 0 Å². The van der Waals surface area contributed by atoms with Crippen LogP contribution in [0.2, 0.25) is 0 Å². The fraction of sp³-hybridized carbons (Fsp3) is 0. The van der Waals surface area contributed by atoms with Gasteiger partial charge in [0.05, 0.1) is 0 Å². The number of nitrogens with one attached hydrogen (secondary N) is 6. The van der Waals surface area contributed by atoms with Crippen LogP contribution in [-0.4, -0.2) is 35.0 Å². The monoisotopic (exact) mass is 330 g/mol. The summed E-state index contributed by atoms with van der Waals surface area (Å²) in [6, 6.07) is 0. The molecule has 1 aromatic rings. The lowest BCUT2D eigenvalue weighted by molar-refractivity contribution is 1.28. The molecule has 0 unspecified atom stereocenters. The molecule has 12 nitrogen and oxygen atoms in total. The van der Waals surface area contributed by atoms with Gasteiger partial charge in [0.15, 0.2) is 0 Å². The molecule has 0 amide bonds. The molecule has 0 aliphatic heterocycles. The van der Waals surface area contributed by atoms with E-state index >= 15 is 0 Å². The normalized spacial score (nSPS) is 10.0. The van der Waals surface area contributed by atoms with E-state index in [-0.39, 0.29) is 33.4 Å². The average molecular weight is 330 g/mol. The molecule has 0 spiro atoms. The van der Waals surface area contributed by atoms with Crippen LogP contribution in [0.5, 0.6) is 0 Å². The van der Waals surface area contributed by atoms with Crippen molar-refractivity contribution in [1.29, 1.82) is 32.5 Å². The Morgan fingerprint density at radius 2 is 0.417 bits per heavy atom. The summed E-state index contributed by atoms with van der Waals surface area (Å²) in [7, 11) is 0. The quantitative estimate of drug-likeness (QED) is 0.195. The predicted octanol–water partition coefficient (Wildman–Crippen LogP) is -2.61. The topological polar surface area (TPSA) is 299 Å². The molecular formula is C12H18N12. The second kappa shape index (κ2) is 6.04. The fourth-order valence-electron chi connectivity index (χ4n) is 2.37. The van der Waals surface area contributed by atoms with E-state index < -0.39 is 35.0 Å². The number of hydrogen-bond donors (Lipinski definition) is 12. The molecular weight excluding hydrogens is 312 g/mol. The summed E-state index contributed by atoms with van der Waals surface area (Å²) < 4.78 is 0. The second-order valence-electron chi connectivity index (χ2n) is 4.73. The molecule has 0 saturated heterocycles. The van der Waals surface area contributed by atoms with Crippen molar-refractivity contribution in [2.24, 2.45) is 34.4 Å². The Bertz CT molecular complexity index is 633. The van der Waals surface area contributed by atoms with Gasteiger partial charge in [0, 0.05) is 33.4 Å². The number of nitrogen functional groups attached to an aromatic ring is 6. The molecule has 12 heteroatoms. The van der Waals surface area contributed by atoms with Gasteiger partial charge < -0.3 is 34.4 Å². The number of hydrogen-bond acceptors (Lipinski definition) is 6. The molecule has 0 aliphatic carbocycles. The van der Waals surface area contributed by atoms with Crippen molar-refractivity contribution in [3.05, 3.63) is 33.4 Å². The number of nitrogens with two attached hydrogens (primary N) is 6. The molecule has 0 heterocycles. The molecule has 0 saturated carbocycles. The van der Waals surface area contributed by atoms with Crippen LogP contribution >= 0.6 is 0 Å². The second-order valence-corrected chi connectivity index (χ2v) is 4.73. The van der Waals surface area contributed by atoms with E-state index in [1.54, 1.807) is 0 Å². The van der Waals surface area contributed by atoms with E-state index in [4.69, 9.17) is 66.9 Å². The van der Waals surface area contributed by atoms with Crippen molar-refractivity contribution in [3.8, 4) is 0 Å². The van der Waals surface area contributed by atoms with Crippen LogP contribution < -0.4 is 34.4 Å². The zero-order chi connectivity index (χ0) is 18.9. The highest BCUT2D eigenvalue weighted by Gasteiger charge is 2.31. The summed E-state index contributed by atoms with van der Waals surface area (Å²) in [5.74, 6) is -3.80. The van der Waals surface area contributed by atoms with Gasteiger partial charge in [-0.1, -0.05) is 0 Å². The highest BCUT2D eigenvalue weighted by molar-refractivity contribution is 6.28. The van der Waals surface area contributed by atoms with E-state index in [1.165, 1.54) is 0 Å². The van der Waals surface area contributed by atoms with Gasteiger partial charge >= 0.3 is 0 Å². The lowest BCUT2D eigenvalue weighted by Crippen LogP contribution is -2.37. The van der Waals surface area contributed by atoms with Gasteiger partial charge in [0.2, 0.25) is 0 Å². The number of amidine groups is 6. The zero-order valence-corrected chi connectivity index (χ0v) is 12.5. The fourth-order valence-corrected chi connectivity index (χ4v) is 2.37. The highest BCUT2D eigenvalue weighted by atomic mass is 14.8. The van der Waals surface area contributed by atoms with Crippen LogP contribution in [0.15, 0.2) is 0 Å². The SMILES string of the molecule is N=C(N)c1c(C(=N)N)c(C(=N)N)c(C(=N)N)c(C(=N)N)c1C(=N)N. The molecule has 0 aromatic heterocycles. The first-order chi connectivity index (χ1) is 10.9. The van der Waals surface area contributed by atoms with Crippen molar-refractivity contribution in [2.75, 3.05) is 0 Å². The van der Waals surface area contributed by atoms with Gasteiger partial charge in [-0.15, -0.1) is 0 Å². The van der Waals surface area contributed by atoms with Crippen molar-refractivity contribution in [1.82, 2.24) is 0 Å². The minimum Gasteiger partial charge on any atom is -0.384 e. The van der Waals surface area contributed by atoms with Crippen LogP contribution in [0.3, 0.4) is 0 Å². The molecule has 0 fully saturated rings. The minimum absolute atomic E-state index is 0.282. The third kappa shape index (κ3) is 2.70. The zero-order valence-electron chi connectivity index (χ0n) is 12.5. The van der Waals surface area contributed by atoms with Crippen molar-refractivity contribution in [3.63, 3.8) is 0 Å². The molecule has 1 rings (SSSR count). The van der Waals surface area contributed by atoms with Crippen LogP contribution in [0.1, 0.15) is 33.4 Å². The Kier molecular flexibility index (Phi) is 4.55. The summed E-state index contributed by atoms with van der Waals surface area (Å²) in [5.41, 5.74) is 31.5. The van der Waals surface area contributed by atoms with Gasteiger partial charge in [0.25, 0.3) is 0 Å². The Morgan fingerprint density at radius 1 is 0.333 bits per heavy atom. The van der Waals surface area contributed by atoms with Crippen LogP contribution in [0.4, 0.5) is 0 Å².